The summed E-state index contributed by atoms with van der Waals surface area (Å²) >= 11 is 4.87. The quantitative estimate of drug-likeness (QED) is 0.721. The number of nitrogens with two attached hydrogens (primary N) is 1. The summed E-state index contributed by atoms with van der Waals surface area (Å²) in [6, 6.07) is -0.127. The van der Waals surface area contributed by atoms with Gasteiger partial charge in [-0.1, -0.05) is 25.1 Å². The number of carbonyl (C=O) groups excluding carboxylic acids is 1. The van der Waals surface area contributed by atoms with E-state index in [1.165, 1.54) is 12.8 Å². The summed E-state index contributed by atoms with van der Waals surface area (Å²) in [5, 5.41) is 0. The maximum Gasteiger partial charge on any atom is 0.226 e. The lowest BCUT2D eigenvalue weighted by Crippen LogP contribution is -2.44. The average Bonchev–Trinajstić information content (AvgIpc) is 2.67. The lowest BCUT2D eigenvalue weighted by molar-refractivity contribution is -0.134. The van der Waals surface area contributed by atoms with E-state index in [-0.39, 0.29) is 17.9 Å². The zero-order valence-corrected chi connectivity index (χ0v) is 9.64. The van der Waals surface area contributed by atoms with E-state index in [0.29, 0.717) is 4.99 Å². The molecule has 14 heavy (non-hydrogen) atoms. The van der Waals surface area contributed by atoms with Crippen LogP contribution in [0.25, 0.3) is 0 Å². The minimum Gasteiger partial charge on any atom is -0.392 e. The van der Waals surface area contributed by atoms with E-state index in [0.717, 1.165) is 12.8 Å². The first kappa shape index (κ1) is 11.4. The van der Waals surface area contributed by atoms with E-state index in [4.69, 9.17) is 18.0 Å². The molecule has 3 nitrogen and oxygen atoms in total. The normalized spacial score (nSPS) is 19.3. The van der Waals surface area contributed by atoms with Crippen molar-refractivity contribution in [3.05, 3.63) is 0 Å². The van der Waals surface area contributed by atoms with Gasteiger partial charge in [0.1, 0.15) is 0 Å². The van der Waals surface area contributed by atoms with Crippen LogP contribution >= 0.6 is 12.2 Å². The minimum atomic E-state index is -0.127. The van der Waals surface area contributed by atoms with Crippen molar-refractivity contribution in [3.8, 4) is 0 Å². The molecule has 0 bridgehead atoms. The highest BCUT2D eigenvalue weighted by Crippen LogP contribution is 2.26. The van der Waals surface area contributed by atoms with Gasteiger partial charge in [0.25, 0.3) is 0 Å². The van der Waals surface area contributed by atoms with Crippen molar-refractivity contribution in [1.82, 2.24) is 4.90 Å². The molecule has 1 rings (SSSR count). The van der Waals surface area contributed by atoms with Crippen molar-refractivity contribution in [1.29, 1.82) is 0 Å². The Balaban J connectivity index is 2.54. The van der Waals surface area contributed by atoms with E-state index < -0.39 is 0 Å². The van der Waals surface area contributed by atoms with Gasteiger partial charge in [0.2, 0.25) is 5.91 Å². The van der Waals surface area contributed by atoms with Crippen LogP contribution in [0.5, 0.6) is 0 Å². The average molecular weight is 214 g/mol. The molecular formula is C10H18N2OS. The van der Waals surface area contributed by atoms with Crippen LogP contribution in [0.1, 0.15) is 32.6 Å². The molecule has 4 heteroatoms. The third-order valence-electron chi connectivity index (χ3n) is 3.04. The van der Waals surface area contributed by atoms with Gasteiger partial charge in [0, 0.05) is 13.0 Å². The number of hydrogen-bond acceptors (Lipinski definition) is 2. The van der Waals surface area contributed by atoms with E-state index >= 15 is 0 Å². The smallest absolute Gasteiger partial charge is 0.226 e. The van der Waals surface area contributed by atoms with Crippen molar-refractivity contribution in [2.24, 2.45) is 11.7 Å². The molecular weight excluding hydrogens is 196 g/mol. The predicted molar refractivity (Wildman–Crippen MR) is 61.0 cm³/mol. The van der Waals surface area contributed by atoms with Crippen LogP contribution in [0.15, 0.2) is 0 Å². The summed E-state index contributed by atoms with van der Waals surface area (Å²) in [5.74, 6) is 0.402. The van der Waals surface area contributed by atoms with Crippen molar-refractivity contribution < 1.29 is 4.79 Å². The summed E-state index contributed by atoms with van der Waals surface area (Å²) < 4.78 is 0. The fourth-order valence-electron chi connectivity index (χ4n) is 1.84. The number of hydrogen-bond donors (Lipinski definition) is 1. The second kappa shape index (κ2) is 4.73. The van der Waals surface area contributed by atoms with Crippen molar-refractivity contribution in [2.45, 2.75) is 38.6 Å². The maximum absolute atomic E-state index is 11.9. The largest absolute Gasteiger partial charge is 0.392 e. The zero-order chi connectivity index (χ0) is 10.7. The molecule has 0 aromatic carbocycles. The molecule has 0 radical (unpaired) electrons. The first-order chi connectivity index (χ1) is 6.54. The molecule has 1 aliphatic rings. The summed E-state index contributed by atoms with van der Waals surface area (Å²) in [4.78, 5) is 14.0. The van der Waals surface area contributed by atoms with Gasteiger partial charge in [0.05, 0.1) is 11.0 Å². The monoisotopic (exact) mass is 214 g/mol. The molecule has 1 saturated carbocycles. The van der Waals surface area contributed by atoms with Gasteiger partial charge in [-0.05, 0) is 19.8 Å². The molecule has 80 valence electrons. The van der Waals surface area contributed by atoms with Crippen LogP contribution < -0.4 is 5.73 Å². The Kier molecular flexibility index (Phi) is 3.86. The highest BCUT2D eigenvalue weighted by Gasteiger charge is 2.28. The van der Waals surface area contributed by atoms with E-state index in [9.17, 15) is 4.79 Å². The Morgan fingerprint density at radius 2 is 2.00 bits per heavy atom. The Morgan fingerprint density at radius 3 is 2.43 bits per heavy atom. The third-order valence-corrected chi connectivity index (χ3v) is 3.39. The number of nitrogens with zero attached hydrogens (tertiary/aromatic N) is 1. The van der Waals surface area contributed by atoms with E-state index in [1.807, 2.05) is 6.92 Å². The molecule has 1 aliphatic carbocycles. The van der Waals surface area contributed by atoms with Crippen LogP contribution in [-0.2, 0) is 4.79 Å². The third kappa shape index (κ3) is 2.44. The molecule has 1 unspecified atom stereocenters. The lowest BCUT2D eigenvalue weighted by atomic mass is 10.1. The standard InChI is InChI=1S/C10H18N2OS/c1-7(9(11)14)12(2)10(13)8-5-3-4-6-8/h7-8H,3-6H2,1-2H3,(H2,11,14). The Labute approximate surface area is 90.6 Å². The molecule has 0 aromatic rings. The molecule has 1 fully saturated rings. The summed E-state index contributed by atoms with van der Waals surface area (Å²) in [5.41, 5.74) is 5.51. The molecule has 0 saturated heterocycles. The SMILES string of the molecule is CC(C(N)=S)N(C)C(=O)C1CCCC1. The van der Waals surface area contributed by atoms with Crippen LogP contribution in [0.3, 0.4) is 0 Å². The Hall–Kier alpha value is -0.640. The lowest BCUT2D eigenvalue weighted by Gasteiger charge is -2.26. The van der Waals surface area contributed by atoms with Crippen LogP contribution in [0, 0.1) is 5.92 Å². The summed E-state index contributed by atoms with van der Waals surface area (Å²) in [6.07, 6.45) is 4.39. The molecule has 0 aromatic heterocycles. The Morgan fingerprint density at radius 1 is 1.50 bits per heavy atom. The Bertz CT molecular complexity index is 236. The first-order valence-electron chi connectivity index (χ1n) is 5.10. The fourth-order valence-corrected chi connectivity index (χ4v) is 2.00. The number of rotatable bonds is 3. The topological polar surface area (TPSA) is 46.3 Å². The summed E-state index contributed by atoms with van der Waals surface area (Å²) in [6.45, 7) is 1.87. The van der Waals surface area contributed by atoms with E-state index in [2.05, 4.69) is 0 Å². The van der Waals surface area contributed by atoms with Gasteiger partial charge in [0.15, 0.2) is 0 Å². The number of carbonyl (C=O) groups is 1. The van der Waals surface area contributed by atoms with Gasteiger partial charge < -0.3 is 10.6 Å². The molecule has 0 heterocycles. The number of amides is 1. The van der Waals surface area contributed by atoms with Crippen LogP contribution in [-0.4, -0.2) is 28.9 Å². The van der Waals surface area contributed by atoms with E-state index in [1.54, 1.807) is 11.9 Å². The highest BCUT2D eigenvalue weighted by atomic mass is 32.1. The van der Waals surface area contributed by atoms with Crippen molar-refractivity contribution in [3.63, 3.8) is 0 Å². The predicted octanol–water partition coefficient (Wildman–Crippen LogP) is 1.31. The van der Waals surface area contributed by atoms with Crippen LogP contribution in [0.2, 0.25) is 0 Å². The van der Waals surface area contributed by atoms with Crippen molar-refractivity contribution in [2.75, 3.05) is 7.05 Å². The maximum atomic E-state index is 11.9. The highest BCUT2D eigenvalue weighted by molar-refractivity contribution is 7.80. The number of thiocarbonyl (C=S) groups is 1. The van der Waals surface area contributed by atoms with Crippen LogP contribution in [0.4, 0.5) is 0 Å². The van der Waals surface area contributed by atoms with Crippen molar-refractivity contribution >= 4 is 23.1 Å². The zero-order valence-electron chi connectivity index (χ0n) is 8.82. The molecule has 0 aliphatic heterocycles. The van der Waals surface area contributed by atoms with Gasteiger partial charge in [-0.25, -0.2) is 0 Å². The molecule has 1 amide bonds. The first-order valence-corrected chi connectivity index (χ1v) is 5.51. The second-order valence-corrected chi connectivity index (χ2v) is 4.48. The van der Waals surface area contributed by atoms with Gasteiger partial charge >= 0.3 is 0 Å². The molecule has 2 N–H and O–H groups in total. The summed E-state index contributed by atoms with van der Waals surface area (Å²) in [7, 11) is 1.78. The van der Waals surface area contributed by atoms with Gasteiger partial charge in [-0.15, -0.1) is 0 Å². The fraction of sp³-hybridized carbons (Fsp3) is 0.800. The second-order valence-electron chi connectivity index (χ2n) is 4.01. The molecule has 1 atom stereocenters. The van der Waals surface area contributed by atoms with Gasteiger partial charge in [-0.2, -0.15) is 0 Å². The molecule has 0 spiro atoms. The number of likely N-dealkylation sites (N-methyl/N-ethyl adjacent to an activating group) is 1. The minimum absolute atomic E-state index is 0.127. The van der Waals surface area contributed by atoms with Gasteiger partial charge in [-0.3, -0.25) is 4.79 Å².